The smallest absolute Gasteiger partial charge is 0.307 e. The zero-order chi connectivity index (χ0) is 21.1. The molecule has 0 bridgehead atoms. The summed E-state index contributed by atoms with van der Waals surface area (Å²) < 4.78 is 0. The molecule has 0 radical (unpaired) electrons. The van der Waals surface area contributed by atoms with Gasteiger partial charge in [-0.05, 0) is 79.5 Å². The Morgan fingerprint density at radius 1 is 1.10 bits per heavy atom. The van der Waals surface area contributed by atoms with E-state index in [1.165, 1.54) is 47.1 Å². The number of rotatable bonds is 7. The van der Waals surface area contributed by atoms with Crippen molar-refractivity contribution in [3.63, 3.8) is 0 Å². The molecule has 1 aliphatic heterocycles. The van der Waals surface area contributed by atoms with Crippen molar-refractivity contribution in [1.82, 2.24) is 4.90 Å². The van der Waals surface area contributed by atoms with Crippen LogP contribution in [0.2, 0.25) is 0 Å². The van der Waals surface area contributed by atoms with Crippen molar-refractivity contribution >= 4 is 5.97 Å². The second-order valence-corrected chi connectivity index (χ2v) is 8.71. The number of carboxylic acid groups (broad SMARTS) is 1. The lowest BCUT2D eigenvalue weighted by atomic mass is 9.80. The summed E-state index contributed by atoms with van der Waals surface area (Å²) in [6.45, 7) is 13.0. The summed E-state index contributed by atoms with van der Waals surface area (Å²) in [5, 5.41) is 9.59. The van der Waals surface area contributed by atoms with Gasteiger partial charge in [0.1, 0.15) is 0 Å². The minimum absolute atomic E-state index is 0.0831. The maximum Gasteiger partial charge on any atom is 0.307 e. The van der Waals surface area contributed by atoms with Gasteiger partial charge in [-0.1, -0.05) is 49.6 Å². The fraction of sp³-hybridized carbons (Fsp3) is 0.500. The van der Waals surface area contributed by atoms with Gasteiger partial charge in [0, 0.05) is 19.1 Å². The third-order valence-corrected chi connectivity index (χ3v) is 6.68. The van der Waals surface area contributed by atoms with Crippen LogP contribution < -0.4 is 0 Å². The van der Waals surface area contributed by atoms with Gasteiger partial charge in [0.15, 0.2) is 0 Å². The topological polar surface area (TPSA) is 40.5 Å². The molecule has 0 spiro atoms. The molecule has 1 unspecified atom stereocenters. The predicted molar refractivity (Wildman–Crippen MR) is 121 cm³/mol. The Bertz CT molecular complexity index is 883. The molecule has 2 aromatic rings. The van der Waals surface area contributed by atoms with E-state index in [0.29, 0.717) is 6.04 Å². The summed E-state index contributed by atoms with van der Waals surface area (Å²) in [6.07, 6.45) is 4.85. The highest BCUT2D eigenvalue weighted by atomic mass is 16.4. The summed E-state index contributed by atoms with van der Waals surface area (Å²) >= 11 is 0. The minimum Gasteiger partial charge on any atom is -0.481 e. The van der Waals surface area contributed by atoms with Gasteiger partial charge in [-0.15, -0.1) is 0 Å². The number of unbranched alkanes of at least 4 members (excludes halogenated alkanes) is 1. The molecular weight excluding hydrogens is 358 g/mol. The van der Waals surface area contributed by atoms with Crippen molar-refractivity contribution in [1.29, 1.82) is 0 Å². The number of hydrogen-bond donors (Lipinski definition) is 1. The summed E-state index contributed by atoms with van der Waals surface area (Å²) in [5.74, 6) is -0.758. The normalized spacial score (nSPS) is 15.2. The lowest BCUT2D eigenvalue weighted by Crippen LogP contribution is -2.38. The molecule has 1 aliphatic rings. The van der Waals surface area contributed by atoms with Crippen molar-refractivity contribution in [3.05, 3.63) is 57.6 Å². The summed E-state index contributed by atoms with van der Waals surface area (Å²) in [7, 11) is 0. The molecule has 29 heavy (non-hydrogen) atoms. The van der Waals surface area contributed by atoms with Crippen molar-refractivity contribution in [2.24, 2.45) is 0 Å². The lowest BCUT2D eigenvalue weighted by molar-refractivity contribution is -0.136. The van der Waals surface area contributed by atoms with Crippen LogP contribution in [-0.2, 0) is 24.2 Å². The van der Waals surface area contributed by atoms with E-state index >= 15 is 0 Å². The first-order valence-electron chi connectivity index (χ1n) is 11.0. The van der Waals surface area contributed by atoms with Crippen LogP contribution >= 0.6 is 0 Å². The van der Waals surface area contributed by atoms with E-state index in [-0.39, 0.29) is 6.42 Å². The Balaban J connectivity index is 2.10. The van der Waals surface area contributed by atoms with Crippen LogP contribution in [-0.4, -0.2) is 28.6 Å². The van der Waals surface area contributed by atoms with E-state index in [2.05, 4.69) is 63.8 Å². The first-order valence-corrected chi connectivity index (χ1v) is 11.0. The maximum absolute atomic E-state index is 11.7. The second kappa shape index (κ2) is 9.13. The van der Waals surface area contributed by atoms with Crippen LogP contribution in [0.15, 0.2) is 24.3 Å². The molecule has 0 saturated carbocycles. The van der Waals surface area contributed by atoms with E-state index in [9.17, 15) is 9.90 Å². The number of aryl methyl sites for hydroxylation is 1. The number of hydrogen-bond acceptors (Lipinski definition) is 2. The molecule has 1 heterocycles. The quantitative estimate of drug-likeness (QED) is 0.642. The molecule has 3 heteroatoms. The molecule has 1 atom stereocenters. The fourth-order valence-electron chi connectivity index (χ4n) is 4.83. The van der Waals surface area contributed by atoms with Gasteiger partial charge in [0.05, 0.1) is 6.42 Å². The van der Waals surface area contributed by atoms with Gasteiger partial charge < -0.3 is 5.11 Å². The number of aliphatic carboxylic acids is 1. The highest BCUT2D eigenvalue weighted by Gasteiger charge is 2.27. The molecule has 0 aliphatic carbocycles. The van der Waals surface area contributed by atoms with E-state index < -0.39 is 5.97 Å². The third kappa shape index (κ3) is 4.56. The van der Waals surface area contributed by atoms with Crippen LogP contribution in [0.25, 0.3) is 11.1 Å². The number of fused-ring (bicyclic) bond motifs is 1. The van der Waals surface area contributed by atoms with Gasteiger partial charge in [-0.2, -0.15) is 0 Å². The first-order chi connectivity index (χ1) is 13.8. The van der Waals surface area contributed by atoms with Crippen LogP contribution in [0.5, 0.6) is 0 Å². The fourth-order valence-corrected chi connectivity index (χ4v) is 4.83. The van der Waals surface area contributed by atoms with Crippen molar-refractivity contribution in [2.45, 2.75) is 79.3 Å². The zero-order valence-corrected chi connectivity index (χ0v) is 18.6. The molecule has 0 aromatic heterocycles. The standard InChI is InChI=1S/C26H35NO2/c1-6-7-8-18(3)27-14-13-22-19(4)23(15-25(28)29)26(20(5)24(22)16-27)21-11-9-17(2)10-12-21/h9-12,18H,6-8,13-16H2,1-5H3,(H,28,29). The highest BCUT2D eigenvalue weighted by molar-refractivity contribution is 5.81. The molecule has 0 fully saturated rings. The molecule has 0 saturated heterocycles. The molecule has 156 valence electrons. The van der Waals surface area contributed by atoms with Crippen LogP contribution in [0.3, 0.4) is 0 Å². The van der Waals surface area contributed by atoms with E-state index in [1.54, 1.807) is 0 Å². The summed E-state index contributed by atoms with van der Waals surface area (Å²) in [4.78, 5) is 14.3. The maximum atomic E-state index is 11.7. The van der Waals surface area contributed by atoms with Crippen molar-refractivity contribution in [2.75, 3.05) is 6.54 Å². The zero-order valence-electron chi connectivity index (χ0n) is 18.6. The van der Waals surface area contributed by atoms with Crippen LogP contribution in [0.4, 0.5) is 0 Å². The third-order valence-electron chi connectivity index (χ3n) is 6.68. The van der Waals surface area contributed by atoms with E-state index in [4.69, 9.17) is 0 Å². The van der Waals surface area contributed by atoms with E-state index in [1.807, 2.05) is 0 Å². The molecular formula is C26H35NO2. The van der Waals surface area contributed by atoms with Gasteiger partial charge >= 0.3 is 5.97 Å². The predicted octanol–water partition coefficient (Wildman–Crippen LogP) is 5.84. The van der Waals surface area contributed by atoms with Gasteiger partial charge in [-0.25, -0.2) is 0 Å². The Hall–Kier alpha value is -2.13. The van der Waals surface area contributed by atoms with Gasteiger partial charge in [-0.3, -0.25) is 9.69 Å². The summed E-state index contributed by atoms with van der Waals surface area (Å²) in [6, 6.07) is 9.10. The van der Waals surface area contributed by atoms with Crippen LogP contribution in [0, 0.1) is 20.8 Å². The Kier molecular flexibility index (Phi) is 6.79. The SMILES string of the molecule is CCCCC(C)N1CCc2c(C)c(CC(=O)O)c(-c3ccc(C)cc3)c(C)c2C1. The first kappa shape index (κ1) is 21.6. The number of nitrogens with zero attached hydrogens (tertiary/aromatic N) is 1. The molecule has 3 nitrogen and oxygen atoms in total. The summed E-state index contributed by atoms with van der Waals surface area (Å²) in [5.41, 5.74) is 9.72. The monoisotopic (exact) mass is 393 g/mol. The highest BCUT2D eigenvalue weighted by Crippen LogP contribution is 2.38. The van der Waals surface area contributed by atoms with E-state index in [0.717, 1.165) is 36.2 Å². The number of carbonyl (C=O) groups is 1. The van der Waals surface area contributed by atoms with Gasteiger partial charge in [0.2, 0.25) is 0 Å². The number of carboxylic acids is 1. The average molecular weight is 394 g/mol. The Morgan fingerprint density at radius 3 is 2.41 bits per heavy atom. The molecule has 2 aromatic carbocycles. The Morgan fingerprint density at radius 2 is 1.79 bits per heavy atom. The lowest BCUT2D eigenvalue weighted by Gasteiger charge is -2.37. The molecule has 3 rings (SSSR count). The minimum atomic E-state index is -0.758. The van der Waals surface area contributed by atoms with Crippen molar-refractivity contribution < 1.29 is 9.90 Å². The number of benzene rings is 2. The molecule has 0 amide bonds. The Labute approximate surface area is 175 Å². The van der Waals surface area contributed by atoms with Crippen molar-refractivity contribution in [3.8, 4) is 11.1 Å². The van der Waals surface area contributed by atoms with Crippen LogP contribution in [0.1, 0.15) is 66.5 Å². The average Bonchev–Trinajstić information content (AvgIpc) is 2.70. The van der Waals surface area contributed by atoms with Gasteiger partial charge in [0.25, 0.3) is 0 Å². The largest absolute Gasteiger partial charge is 0.481 e. The second-order valence-electron chi connectivity index (χ2n) is 8.71. The molecule has 1 N–H and O–H groups in total.